The summed E-state index contributed by atoms with van der Waals surface area (Å²) in [7, 11) is 0. The highest BCUT2D eigenvalue weighted by Crippen LogP contribution is 2.31. The average molecular weight is 469 g/mol. The van der Waals surface area contributed by atoms with Crippen LogP contribution in [0.5, 0.6) is 0 Å². The second kappa shape index (κ2) is 8.91. The first-order chi connectivity index (χ1) is 15.8. The number of anilines is 1. The number of nitrogens with one attached hydrogen (secondary N) is 1. The average Bonchev–Trinajstić information content (AvgIpc) is 3.20. The van der Waals surface area contributed by atoms with Gasteiger partial charge in [0, 0.05) is 16.3 Å². The van der Waals surface area contributed by atoms with Crippen molar-refractivity contribution in [1.29, 1.82) is 0 Å². The van der Waals surface area contributed by atoms with E-state index in [0.29, 0.717) is 5.69 Å². The molecule has 0 aliphatic rings. The molecule has 4 aromatic rings. The van der Waals surface area contributed by atoms with E-state index in [9.17, 15) is 23.2 Å². The molecule has 0 unspecified atom stereocenters. The number of amides is 1. The van der Waals surface area contributed by atoms with Gasteiger partial charge < -0.3 is 10.1 Å². The number of hydrogen-bond acceptors (Lipinski definition) is 6. The predicted molar refractivity (Wildman–Crippen MR) is 120 cm³/mol. The molecule has 2 aromatic heterocycles. The third-order valence-corrected chi connectivity index (χ3v) is 5.67. The second-order valence-corrected chi connectivity index (χ2v) is 7.94. The molecule has 0 spiro atoms. The molecule has 0 aliphatic heterocycles. The fraction of sp³-hybridized carbons (Fsp3) is 0.130. The number of aryl methyl sites for hydroxylation is 1. The van der Waals surface area contributed by atoms with Crippen molar-refractivity contribution in [1.82, 2.24) is 9.78 Å². The summed E-state index contributed by atoms with van der Waals surface area (Å²) >= 11 is 1.00. The van der Waals surface area contributed by atoms with Crippen molar-refractivity contribution < 1.29 is 23.1 Å². The second-order valence-electron chi connectivity index (χ2n) is 7.06. The normalized spacial score (nSPS) is 10.9. The molecule has 0 atom stereocenters. The Morgan fingerprint density at radius 1 is 1.15 bits per heavy atom. The van der Waals surface area contributed by atoms with Gasteiger partial charge in [0.1, 0.15) is 5.00 Å². The summed E-state index contributed by atoms with van der Waals surface area (Å²) in [5.74, 6) is -3.72. The van der Waals surface area contributed by atoms with Gasteiger partial charge in [-0.05, 0) is 49.7 Å². The Morgan fingerprint density at radius 3 is 2.64 bits per heavy atom. The zero-order chi connectivity index (χ0) is 23.7. The number of carbonyl (C=O) groups excluding carboxylic acids is 2. The maximum atomic E-state index is 13.6. The highest BCUT2D eigenvalue weighted by molar-refractivity contribution is 7.16. The molecule has 1 amide bonds. The Morgan fingerprint density at radius 2 is 1.94 bits per heavy atom. The van der Waals surface area contributed by atoms with Gasteiger partial charge in [0.25, 0.3) is 11.5 Å². The summed E-state index contributed by atoms with van der Waals surface area (Å²) in [4.78, 5) is 38.6. The van der Waals surface area contributed by atoms with Gasteiger partial charge in [-0.25, -0.2) is 13.6 Å². The van der Waals surface area contributed by atoms with E-state index in [2.05, 4.69) is 10.4 Å². The van der Waals surface area contributed by atoms with Crippen LogP contribution in [0.4, 0.5) is 13.8 Å². The highest BCUT2D eigenvalue weighted by atomic mass is 32.1. The van der Waals surface area contributed by atoms with Crippen molar-refractivity contribution in [2.24, 2.45) is 0 Å². The number of aromatic nitrogens is 2. The van der Waals surface area contributed by atoms with Gasteiger partial charge in [0.05, 0.1) is 17.7 Å². The van der Waals surface area contributed by atoms with Crippen LogP contribution in [0.15, 0.2) is 52.6 Å². The van der Waals surface area contributed by atoms with Gasteiger partial charge in [0.15, 0.2) is 17.3 Å². The van der Waals surface area contributed by atoms with Crippen molar-refractivity contribution in [2.75, 3.05) is 11.9 Å². The van der Waals surface area contributed by atoms with Crippen LogP contribution in [-0.2, 0) is 4.74 Å². The number of rotatable bonds is 5. The van der Waals surface area contributed by atoms with E-state index in [1.807, 2.05) is 13.0 Å². The van der Waals surface area contributed by atoms with Crippen LogP contribution in [0, 0.1) is 18.6 Å². The van der Waals surface area contributed by atoms with Crippen molar-refractivity contribution in [3.8, 4) is 5.69 Å². The molecule has 1 N–H and O–H groups in total. The van der Waals surface area contributed by atoms with E-state index in [0.717, 1.165) is 39.8 Å². The number of esters is 1. The van der Waals surface area contributed by atoms with Crippen LogP contribution in [0.3, 0.4) is 0 Å². The van der Waals surface area contributed by atoms with Crippen LogP contribution in [0.25, 0.3) is 16.5 Å². The summed E-state index contributed by atoms with van der Waals surface area (Å²) in [5.41, 5.74) is 0.518. The standard InChI is InChI=1S/C23H17F2N3O4S/c1-3-32-23(31)19-15-11-33-21(26-20(29)13-7-8-16(24)17(25)10-13)18(15)22(30)28(27-19)14-6-4-5-12(2)9-14/h4-11H,3H2,1-2H3,(H,26,29). The van der Waals surface area contributed by atoms with Crippen molar-refractivity contribution in [2.45, 2.75) is 13.8 Å². The molecule has 0 bridgehead atoms. The molecular weight excluding hydrogens is 452 g/mol. The fourth-order valence-electron chi connectivity index (χ4n) is 3.24. The Balaban J connectivity index is 1.88. The lowest BCUT2D eigenvalue weighted by Gasteiger charge is -2.10. The first-order valence-electron chi connectivity index (χ1n) is 9.85. The maximum Gasteiger partial charge on any atom is 0.359 e. The number of hydrogen-bond donors (Lipinski definition) is 1. The zero-order valence-electron chi connectivity index (χ0n) is 17.5. The first-order valence-corrected chi connectivity index (χ1v) is 10.7. The molecule has 0 fully saturated rings. The minimum atomic E-state index is -1.17. The predicted octanol–water partition coefficient (Wildman–Crippen LogP) is 4.46. The number of ether oxygens (including phenoxy) is 1. The Kier molecular flexibility index (Phi) is 6.01. The van der Waals surface area contributed by atoms with Crippen LogP contribution < -0.4 is 10.9 Å². The largest absolute Gasteiger partial charge is 0.461 e. The number of benzene rings is 2. The Hall–Kier alpha value is -3.92. The molecule has 0 aliphatic carbocycles. The fourth-order valence-corrected chi connectivity index (χ4v) is 4.17. The van der Waals surface area contributed by atoms with E-state index in [-0.39, 0.29) is 33.6 Å². The summed E-state index contributed by atoms with van der Waals surface area (Å²) < 4.78 is 32.9. The van der Waals surface area contributed by atoms with E-state index < -0.39 is 29.1 Å². The van der Waals surface area contributed by atoms with Crippen LogP contribution in [0.2, 0.25) is 0 Å². The number of fused-ring (bicyclic) bond motifs is 1. The lowest BCUT2D eigenvalue weighted by atomic mass is 10.2. The van der Waals surface area contributed by atoms with Gasteiger partial charge in [-0.15, -0.1) is 11.3 Å². The molecule has 0 saturated carbocycles. The molecule has 2 heterocycles. The minimum absolute atomic E-state index is 0.0514. The topological polar surface area (TPSA) is 90.3 Å². The molecular formula is C23H17F2N3O4S. The Bertz CT molecular complexity index is 1460. The van der Waals surface area contributed by atoms with E-state index in [4.69, 9.17) is 4.74 Å². The molecule has 10 heteroatoms. The van der Waals surface area contributed by atoms with Crippen LogP contribution >= 0.6 is 11.3 Å². The monoisotopic (exact) mass is 469 g/mol. The number of nitrogens with zero attached hydrogens (tertiary/aromatic N) is 2. The van der Waals surface area contributed by atoms with Gasteiger partial charge in [-0.2, -0.15) is 9.78 Å². The molecule has 0 saturated heterocycles. The van der Waals surface area contributed by atoms with Crippen molar-refractivity contribution in [3.05, 3.63) is 86.7 Å². The smallest absolute Gasteiger partial charge is 0.359 e. The summed E-state index contributed by atoms with van der Waals surface area (Å²) in [5, 5.41) is 8.71. The van der Waals surface area contributed by atoms with Gasteiger partial charge in [0.2, 0.25) is 0 Å². The van der Waals surface area contributed by atoms with Crippen LogP contribution in [0.1, 0.15) is 33.3 Å². The molecule has 2 aromatic carbocycles. The molecule has 4 rings (SSSR count). The van der Waals surface area contributed by atoms with Crippen molar-refractivity contribution >= 4 is 39.0 Å². The number of thiophene rings is 1. The van der Waals surface area contributed by atoms with Crippen LogP contribution in [-0.4, -0.2) is 28.3 Å². The van der Waals surface area contributed by atoms with E-state index in [1.54, 1.807) is 25.1 Å². The summed E-state index contributed by atoms with van der Waals surface area (Å²) in [6.07, 6.45) is 0. The lowest BCUT2D eigenvalue weighted by Crippen LogP contribution is -2.25. The molecule has 33 heavy (non-hydrogen) atoms. The van der Waals surface area contributed by atoms with E-state index in [1.165, 1.54) is 5.38 Å². The number of carbonyl (C=O) groups is 2. The third-order valence-electron chi connectivity index (χ3n) is 4.78. The Labute approximate surface area is 190 Å². The summed E-state index contributed by atoms with van der Waals surface area (Å²) in [6, 6.07) is 9.69. The minimum Gasteiger partial charge on any atom is -0.461 e. The molecule has 0 radical (unpaired) electrons. The third kappa shape index (κ3) is 4.24. The molecule has 168 valence electrons. The highest BCUT2D eigenvalue weighted by Gasteiger charge is 2.23. The van der Waals surface area contributed by atoms with Crippen molar-refractivity contribution in [3.63, 3.8) is 0 Å². The maximum absolute atomic E-state index is 13.6. The first kappa shape index (κ1) is 22.3. The van der Waals surface area contributed by atoms with E-state index >= 15 is 0 Å². The van der Waals surface area contributed by atoms with Gasteiger partial charge in [-0.1, -0.05) is 12.1 Å². The summed E-state index contributed by atoms with van der Waals surface area (Å²) in [6.45, 7) is 3.60. The zero-order valence-corrected chi connectivity index (χ0v) is 18.3. The number of halogens is 2. The quantitative estimate of drug-likeness (QED) is 0.436. The van der Waals surface area contributed by atoms with Gasteiger partial charge in [-0.3, -0.25) is 9.59 Å². The lowest BCUT2D eigenvalue weighted by molar-refractivity contribution is 0.0520. The SMILES string of the molecule is CCOC(=O)c1nn(-c2cccc(C)c2)c(=O)c2c(NC(=O)c3ccc(F)c(F)c3)scc12. The molecule has 7 nitrogen and oxygen atoms in total. The van der Waals surface area contributed by atoms with Gasteiger partial charge >= 0.3 is 5.97 Å².